The van der Waals surface area contributed by atoms with Crippen LogP contribution in [0.4, 0.5) is 0 Å². The van der Waals surface area contributed by atoms with Crippen LogP contribution < -0.4 is 5.32 Å². The molecule has 0 bridgehead atoms. The molecule has 0 saturated carbocycles. The molecule has 7 nitrogen and oxygen atoms in total. The molecule has 1 saturated heterocycles. The minimum Gasteiger partial charge on any atom is -0.379 e. The molecular formula is C13H18ClN3O4S. The first kappa shape index (κ1) is 17.1. The molecule has 1 amide bonds. The molecule has 122 valence electrons. The van der Waals surface area contributed by atoms with E-state index in [9.17, 15) is 13.2 Å². The third-order valence-electron chi connectivity index (χ3n) is 3.51. The first-order chi connectivity index (χ1) is 10.3. The van der Waals surface area contributed by atoms with Crippen molar-refractivity contribution in [3.05, 3.63) is 29.0 Å². The van der Waals surface area contributed by atoms with Crippen LogP contribution in [0.3, 0.4) is 0 Å². The van der Waals surface area contributed by atoms with Crippen LogP contribution in [0.15, 0.2) is 18.5 Å². The van der Waals surface area contributed by atoms with Gasteiger partial charge in [-0.05, 0) is 6.07 Å². The molecule has 0 aromatic carbocycles. The zero-order chi connectivity index (χ0) is 16.3. The van der Waals surface area contributed by atoms with E-state index in [1.165, 1.54) is 36.9 Å². The lowest BCUT2D eigenvalue weighted by Gasteiger charge is -2.21. The number of carbonyl (C=O) groups excluding carboxylic acids is 1. The van der Waals surface area contributed by atoms with Crippen molar-refractivity contribution in [2.45, 2.75) is 6.04 Å². The Bertz CT molecular complexity index is 650. The molecule has 1 aromatic heterocycles. The fourth-order valence-corrected chi connectivity index (χ4v) is 3.52. The smallest absolute Gasteiger partial charge is 0.253 e. The van der Waals surface area contributed by atoms with E-state index in [1.807, 2.05) is 0 Å². The van der Waals surface area contributed by atoms with E-state index < -0.39 is 10.0 Å². The highest BCUT2D eigenvalue weighted by Gasteiger charge is 2.34. The second kappa shape index (κ2) is 6.91. The van der Waals surface area contributed by atoms with Crippen LogP contribution in [-0.2, 0) is 14.8 Å². The van der Waals surface area contributed by atoms with Crippen molar-refractivity contribution < 1.29 is 17.9 Å². The topological polar surface area (TPSA) is 88.6 Å². The zero-order valence-corrected chi connectivity index (χ0v) is 13.9. The Labute approximate surface area is 134 Å². The number of nitrogens with zero attached hydrogens (tertiary/aromatic N) is 2. The van der Waals surface area contributed by atoms with Crippen LogP contribution in [0.1, 0.15) is 10.4 Å². The largest absolute Gasteiger partial charge is 0.379 e. The summed E-state index contributed by atoms with van der Waals surface area (Å²) in [5.41, 5.74) is 0.304. The number of ether oxygens (including phenoxy) is 1. The van der Waals surface area contributed by atoms with Crippen LogP contribution in [0.5, 0.6) is 0 Å². The summed E-state index contributed by atoms with van der Waals surface area (Å²) in [5.74, 6) is -0.734. The Morgan fingerprint density at radius 2 is 2.23 bits per heavy atom. The number of hydrogen-bond acceptors (Lipinski definition) is 5. The number of nitrogens with one attached hydrogen (secondary N) is 1. The van der Waals surface area contributed by atoms with Gasteiger partial charge in [0, 0.05) is 32.4 Å². The van der Waals surface area contributed by atoms with Gasteiger partial charge in [0.15, 0.2) is 0 Å². The molecule has 2 heterocycles. The zero-order valence-electron chi connectivity index (χ0n) is 12.3. The Balaban J connectivity index is 2.06. The molecule has 1 N–H and O–H groups in total. The van der Waals surface area contributed by atoms with Crippen molar-refractivity contribution in [2.24, 2.45) is 5.92 Å². The Morgan fingerprint density at radius 1 is 1.50 bits per heavy atom. The fourth-order valence-electron chi connectivity index (χ4n) is 2.15. The van der Waals surface area contributed by atoms with Crippen LogP contribution in [0.2, 0.25) is 5.02 Å². The number of amides is 1. The Hall–Kier alpha value is -1.22. The van der Waals surface area contributed by atoms with Gasteiger partial charge in [-0.3, -0.25) is 9.78 Å². The minimum atomic E-state index is -3.36. The second-order valence-corrected chi connectivity index (χ2v) is 7.93. The van der Waals surface area contributed by atoms with Gasteiger partial charge in [0.2, 0.25) is 10.0 Å². The quantitative estimate of drug-likeness (QED) is 0.831. The molecular weight excluding hydrogens is 330 g/mol. The predicted octanol–water partition coefficient (Wildman–Crippen LogP) is 0.371. The first-order valence-corrected chi connectivity index (χ1v) is 8.68. The predicted molar refractivity (Wildman–Crippen MR) is 82.3 cm³/mol. The van der Waals surface area contributed by atoms with E-state index in [2.05, 4.69) is 10.3 Å². The van der Waals surface area contributed by atoms with Crippen molar-refractivity contribution in [1.29, 1.82) is 0 Å². The average Bonchev–Trinajstić information content (AvgIpc) is 2.85. The standard InChI is InChI=1S/C13H18ClN3O4S/c1-17(2)22(19,20)8-9-6-21-7-12(9)16-13(18)10-3-4-15-5-11(10)14/h3-5,9,12H,6-8H2,1-2H3,(H,16,18)/t9-,12-/m0/s1. The molecule has 0 radical (unpaired) electrons. The van der Waals surface area contributed by atoms with E-state index in [0.29, 0.717) is 12.2 Å². The number of aromatic nitrogens is 1. The van der Waals surface area contributed by atoms with Gasteiger partial charge in [0.25, 0.3) is 5.91 Å². The summed E-state index contributed by atoms with van der Waals surface area (Å²) in [5, 5.41) is 3.04. The number of pyridine rings is 1. The number of halogens is 1. The van der Waals surface area contributed by atoms with Gasteiger partial charge in [-0.25, -0.2) is 12.7 Å². The number of hydrogen-bond donors (Lipinski definition) is 1. The molecule has 0 unspecified atom stereocenters. The SMILES string of the molecule is CN(C)S(=O)(=O)C[C@@H]1COC[C@@H]1NC(=O)c1ccncc1Cl. The summed E-state index contributed by atoms with van der Waals surface area (Å²) in [6, 6.07) is 1.14. The lowest BCUT2D eigenvalue weighted by molar-refractivity contribution is 0.0926. The molecule has 2 rings (SSSR count). The van der Waals surface area contributed by atoms with Gasteiger partial charge < -0.3 is 10.1 Å². The van der Waals surface area contributed by atoms with E-state index in [-0.39, 0.29) is 35.2 Å². The first-order valence-electron chi connectivity index (χ1n) is 6.69. The number of sulfonamides is 1. The molecule has 1 aliphatic rings. The minimum absolute atomic E-state index is 0.0744. The third kappa shape index (κ3) is 3.95. The lowest BCUT2D eigenvalue weighted by atomic mass is 10.1. The molecule has 1 fully saturated rings. The van der Waals surface area contributed by atoms with Crippen molar-refractivity contribution >= 4 is 27.5 Å². The average molecular weight is 348 g/mol. The summed E-state index contributed by atoms with van der Waals surface area (Å²) in [7, 11) is -0.394. The van der Waals surface area contributed by atoms with Gasteiger partial charge in [0.1, 0.15) is 0 Å². The van der Waals surface area contributed by atoms with Gasteiger partial charge in [0.05, 0.1) is 35.6 Å². The maximum absolute atomic E-state index is 12.2. The fraction of sp³-hybridized carbons (Fsp3) is 0.538. The van der Waals surface area contributed by atoms with E-state index in [4.69, 9.17) is 16.3 Å². The van der Waals surface area contributed by atoms with Gasteiger partial charge in [-0.2, -0.15) is 0 Å². The molecule has 1 aliphatic heterocycles. The lowest BCUT2D eigenvalue weighted by Crippen LogP contribution is -2.43. The second-order valence-electron chi connectivity index (χ2n) is 5.29. The molecule has 2 atom stereocenters. The normalized spacial score (nSPS) is 22.0. The summed E-state index contributed by atoms with van der Waals surface area (Å²) in [4.78, 5) is 16.0. The van der Waals surface area contributed by atoms with Crippen molar-refractivity contribution in [3.8, 4) is 0 Å². The van der Waals surface area contributed by atoms with Crippen LogP contribution in [0, 0.1) is 5.92 Å². The summed E-state index contributed by atoms with van der Waals surface area (Å²) < 4.78 is 30.4. The number of rotatable bonds is 5. The van der Waals surface area contributed by atoms with Crippen LogP contribution in [-0.4, -0.2) is 62.7 Å². The summed E-state index contributed by atoms with van der Waals surface area (Å²) >= 11 is 5.93. The van der Waals surface area contributed by atoms with Crippen molar-refractivity contribution in [3.63, 3.8) is 0 Å². The maximum Gasteiger partial charge on any atom is 0.253 e. The highest BCUT2D eigenvalue weighted by molar-refractivity contribution is 7.89. The van der Waals surface area contributed by atoms with Gasteiger partial charge in [-0.15, -0.1) is 0 Å². The highest BCUT2D eigenvalue weighted by Crippen LogP contribution is 2.19. The van der Waals surface area contributed by atoms with Crippen molar-refractivity contribution in [1.82, 2.24) is 14.6 Å². The van der Waals surface area contributed by atoms with Crippen molar-refractivity contribution in [2.75, 3.05) is 33.1 Å². The summed E-state index contributed by atoms with van der Waals surface area (Å²) in [6.07, 6.45) is 2.86. The molecule has 0 aliphatic carbocycles. The molecule has 1 aromatic rings. The molecule has 9 heteroatoms. The van der Waals surface area contributed by atoms with E-state index in [0.717, 1.165) is 0 Å². The third-order valence-corrected chi connectivity index (χ3v) is 5.78. The Kier molecular flexibility index (Phi) is 5.38. The van der Waals surface area contributed by atoms with E-state index in [1.54, 1.807) is 0 Å². The summed E-state index contributed by atoms with van der Waals surface area (Å²) in [6.45, 7) is 0.574. The monoisotopic (exact) mass is 347 g/mol. The molecule has 0 spiro atoms. The van der Waals surface area contributed by atoms with Crippen LogP contribution >= 0.6 is 11.6 Å². The van der Waals surface area contributed by atoms with Gasteiger partial charge in [-0.1, -0.05) is 11.6 Å². The highest BCUT2D eigenvalue weighted by atomic mass is 35.5. The van der Waals surface area contributed by atoms with Crippen LogP contribution in [0.25, 0.3) is 0 Å². The number of carbonyl (C=O) groups is 1. The van der Waals surface area contributed by atoms with E-state index >= 15 is 0 Å². The maximum atomic E-state index is 12.2. The molecule has 22 heavy (non-hydrogen) atoms. The Morgan fingerprint density at radius 3 is 2.86 bits per heavy atom. The van der Waals surface area contributed by atoms with Gasteiger partial charge >= 0.3 is 0 Å².